The predicted octanol–water partition coefficient (Wildman–Crippen LogP) is 7.85. The molecule has 1 aliphatic carbocycles. The number of ether oxygens (including phenoxy) is 1. The van der Waals surface area contributed by atoms with Crippen molar-refractivity contribution in [3.63, 3.8) is 0 Å². The fourth-order valence-corrected chi connectivity index (χ4v) is 5.41. The van der Waals surface area contributed by atoms with E-state index < -0.39 is 0 Å². The molecule has 4 nitrogen and oxygen atoms in total. The Labute approximate surface area is 216 Å². The van der Waals surface area contributed by atoms with Crippen LogP contribution in [-0.2, 0) is 11.3 Å². The van der Waals surface area contributed by atoms with Crippen molar-refractivity contribution in [3.8, 4) is 17.0 Å². The minimum absolute atomic E-state index is 0.299. The Morgan fingerprint density at radius 1 is 0.861 bits per heavy atom. The number of phenols is 1. The van der Waals surface area contributed by atoms with Crippen molar-refractivity contribution in [1.82, 2.24) is 9.47 Å². The highest BCUT2D eigenvalue weighted by atomic mass is 16.5. The van der Waals surface area contributed by atoms with Crippen LogP contribution in [0.4, 0.5) is 0 Å². The third-order valence-electron chi connectivity index (χ3n) is 7.32. The van der Waals surface area contributed by atoms with Gasteiger partial charge in [-0.2, -0.15) is 0 Å². The van der Waals surface area contributed by atoms with Gasteiger partial charge in [-0.1, -0.05) is 51.0 Å². The summed E-state index contributed by atoms with van der Waals surface area (Å²) in [5, 5.41) is 11.1. The molecule has 192 valence electrons. The van der Waals surface area contributed by atoms with Gasteiger partial charge in [-0.15, -0.1) is 0 Å². The van der Waals surface area contributed by atoms with Crippen molar-refractivity contribution in [2.45, 2.75) is 65.8 Å². The van der Waals surface area contributed by atoms with Crippen LogP contribution in [0.2, 0.25) is 0 Å². The number of aromatic nitrogens is 1. The third-order valence-corrected chi connectivity index (χ3v) is 7.32. The highest BCUT2D eigenvalue weighted by Gasteiger charge is 2.18. The van der Waals surface area contributed by atoms with Crippen molar-refractivity contribution < 1.29 is 9.84 Å². The smallest absolute Gasteiger partial charge is 0.115 e. The molecule has 1 aliphatic heterocycles. The Balaban J connectivity index is 0.00000148. The molecule has 2 heterocycles. The van der Waals surface area contributed by atoms with Crippen LogP contribution in [0.1, 0.15) is 57.9 Å². The van der Waals surface area contributed by atoms with Crippen molar-refractivity contribution in [2.75, 3.05) is 26.2 Å². The minimum Gasteiger partial charge on any atom is -0.508 e. The van der Waals surface area contributed by atoms with Crippen LogP contribution in [0, 0.1) is 6.92 Å². The van der Waals surface area contributed by atoms with Gasteiger partial charge in [0.05, 0.1) is 11.5 Å². The molecule has 1 saturated heterocycles. The molecular weight excluding hydrogens is 444 g/mol. The van der Waals surface area contributed by atoms with E-state index in [-0.39, 0.29) is 0 Å². The minimum atomic E-state index is 0.299. The molecule has 0 amide bonds. The quantitative estimate of drug-likeness (QED) is 0.369. The Bertz CT molecular complexity index is 1180. The summed E-state index contributed by atoms with van der Waals surface area (Å²) in [5.74, 6) is 1.42. The predicted molar refractivity (Wildman–Crippen MR) is 151 cm³/mol. The summed E-state index contributed by atoms with van der Waals surface area (Å²) in [7, 11) is 0. The highest BCUT2D eigenvalue weighted by molar-refractivity contribution is 5.91. The van der Waals surface area contributed by atoms with Crippen LogP contribution >= 0.6 is 0 Å². The normalized spacial score (nSPS) is 16.5. The average molecular weight is 487 g/mol. The van der Waals surface area contributed by atoms with Gasteiger partial charge in [-0.25, -0.2) is 0 Å². The van der Waals surface area contributed by atoms with Gasteiger partial charge in [0.25, 0.3) is 0 Å². The summed E-state index contributed by atoms with van der Waals surface area (Å²) in [6, 6.07) is 16.2. The van der Waals surface area contributed by atoms with Crippen molar-refractivity contribution in [2.24, 2.45) is 0 Å². The lowest BCUT2D eigenvalue weighted by atomic mass is 10.0. The second-order valence-electron chi connectivity index (χ2n) is 9.69. The SMILES string of the molecule is CC.Cc1c(-c2ccc(O)cc2)n(CC2=CC=C(OCCN3CCCCCC3)CC2)c2ccccc12. The lowest BCUT2D eigenvalue weighted by Crippen LogP contribution is -2.28. The van der Waals surface area contributed by atoms with Crippen LogP contribution < -0.4 is 0 Å². The summed E-state index contributed by atoms with van der Waals surface area (Å²) in [6.45, 7) is 11.3. The second kappa shape index (κ2) is 12.8. The van der Waals surface area contributed by atoms with Crippen molar-refractivity contribution in [1.29, 1.82) is 0 Å². The summed E-state index contributed by atoms with van der Waals surface area (Å²) < 4.78 is 8.58. The van der Waals surface area contributed by atoms with E-state index in [4.69, 9.17) is 4.74 Å². The first-order valence-electron chi connectivity index (χ1n) is 13.8. The number of allylic oxidation sites excluding steroid dienone is 4. The number of phenolic OH excluding ortho intramolecular Hbond substituents is 1. The van der Waals surface area contributed by atoms with Crippen LogP contribution in [0.5, 0.6) is 5.75 Å². The summed E-state index contributed by atoms with van der Waals surface area (Å²) in [5.41, 5.74) is 6.32. The zero-order valence-corrected chi connectivity index (χ0v) is 22.3. The largest absolute Gasteiger partial charge is 0.508 e. The molecule has 1 fully saturated rings. The zero-order chi connectivity index (χ0) is 25.3. The standard InChI is InChI=1S/C30H36N2O2.C2H6/c1-23-28-8-4-5-9-29(28)32(30(23)25-12-14-26(33)15-13-25)22-24-10-16-27(17-11-24)34-21-20-31-18-6-2-3-7-19-31;1-2/h4-5,8-10,12-16,33H,2-3,6-7,11,17-22H2,1H3;1-2H3. The lowest BCUT2D eigenvalue weighted by Gasteiger charge is -2.22. The average Bonchev–Trinajstić information content (AvgIpc) is 3.06. The maximum atomic E-state index is 9.78. The van der Waals surface area contributed by atoms with Gasteiger partial charge in [0.15, 0.2) is 0 Å². The Kier molecular flexibility index (Phi) is 9.29. The van der Waals surface area contributed by atoms with Gasteiger partial charge in [-0.05, 0) is 92.4 Å². The fourth-order valence-electron chi connectivity index (χ4n) is 5.41. The van der Waals surface area contributed by atoms with Crippen LogP contribution in [0.25, 0.3) is 22.2 Å². The zero-order valence-electron chi connectivity index (χ0n) is 22.3. The molecule has 0 radical (unpaired) electrons. The van der Waals surface area contributed by atoms with Gasteiger partial charge >= 0.3 is 0 Å². The summed E-state index contributed by atoms with van der Waals surface area (Å²) in [6.07, 6.45) is 11.8. The number of aryl methyl sites for hydroxylation is 1. The van der Waals surface area contributed by atoms with Crippen LogP contribution in [0.3, 0.4) is 0 Å². The monoisotopic (exact) mass is 486 g/mol. The van der Waals surface area contributed by atoms with Crippen LogP contribution in [0.15, 0.2) is 72.0 Å². The number of hydrogen-bond donors (Lipinski definition) is 1. The van der Waals surface area contributed by atoms with Gasteiger partial charge in [-0.3, -0.25) is 4.90 Å². The number of benzene rings is 2. The number of nitrogens with zero attached hydrogens (tertiary/aromatic N) is 2. The topological polar surface area (TPSA) is 37.6 Å². The molecule has 1 aromatic heterocycles. The van der Waals surface area contributed by atoms with E-state index in [2.05, 4.69) is 52.8 Å². The molecular formula is C32H42N2O2. The molecule has 0 unspecified atom stereocenters. The molecule has 3 aromatic rings. The molecule has 36 heavy (non-hydrogen) atoms. The van der Waals surface area contributed by atoms with E-state index in [9.17, 15) is 5.11 Å². The lowest BCUT2D eigenvalue weighted by molar-refractivity contribution is 0.153. The summed E-state index contributed by atoms with van der Waals surface area (Å²) >= 11 is 0. The molecule has 2 aliphatic rings. The van der Waals surface area contributed by atoms with E-state index in [1.165, 1.54) is 66.5 Å². The molecule has 1 N–H and O–H groups in total. The van der Waals surface area contributed by atoms with E-state index in [0.29, 0.717) is 5.75 Å². The number of likely N-dealkylation sites (tertiary alicyclic amines) is 1. The third kappa shape index (κ3) is 6.22. The fraction of sp³-hybridized carbons (Fsp3) is 0.438. The number of fused-ring (bicyclic) bond motifs is 1. The maximum Gasteiger partial charge on any atom is 0.115 e. The Morgan fingerprint density at radius 3 is 2.28 bits per heavy atom. The van der Waals surface area contributed by atoms with Gasteiger partial charge in [0.2, 0.25) is 0 Å². The highest BCUT2D eigenvalue weighted by Crippen LogP contribution is 2.35. The van der Waals surface area contributed by atoms with Crippen molar-refractivity contribution >= 4 is 10.9 Å². The molecule has 0 bridgehead atoms. The first-order chi connectivity index (χ1) is 17.7. The van der Waals surface area contributed by atoms with E-state index in [0.717, 1.165) is 43.9 Å². The number of para-hydroxylation sites is 1. The van der Waals surface area contributed by atoms with E-state index in [1.54, 1.807) is 12.1 Å². The van der Waals surface area contributed by atoms with E-state index >= 15 is 0 Å². The first-order valence-corrected chi connectivity index (χ1v) is 13.8. The number of rotatable bonds is 7. The molecule has 4 heteroatoms. The van der Waals surface area contributed by atoms with Crippen LogP contribution in [-0.4, -0.2) is 40.8 Å². The number of hydrogen-bond acceptors (Lipinski definition) is 3. The van der Waals surface area contributed by atoms with Gasteiger partial charge in [0, 0.05) is 30.4 Å². The van der Waals surface area contributed by atoms with Gasteiger partial charge < -0.3 is 14.4 Å². The molecule has 0 saturated carbocycles. The molecule has 0 spiro atoms. The Hall–Kier alpha value is -2.98. The maximum absolute atomic E-state index is 9.78. The summed E-state index contributed by atoms with van der Waals surface area (Å²) in [4.78, 5) is 2.56. The molecule has 0 atom stereocenters. The first kappa shape index (κ1) is 26.1. The Morgan fingerprint density at radius 2 is 1.58 bits per heavy atom. The number of aromatic hydroxyl groups is 1. The van der Waals surface area contributed by atoms with Gasteiger partial charge in [0.1, 0.15) is 12.4 Å². The molecule has 5 rings (SSSR count). The van der Waals surface area contributed by atoms with Crippen molar-refractivity contribution in [3.05, 3.63) is 77.6 Å². The molecule has 2 aromatic carbocycles. The van der Waals surface area contributed by atoms with E-state index in [1.807, 2.05) is 26.0 Å². The second-order valence-corrected chi connectivity index (χ2v) is 9.69.